The summed E-state index contributed by atoms with van der Waals surface area (Å²) in [7, 11) is -1.09. The summed E-state index contributed by atoms with van der Waals surface area (Å²) in [6.07, 6.45) is 7.93. The van der Waals surface area contributed by atoms with Gasteiger partial charge in [0.1, 0.15) is 17.3 Å². The van der Waals surface area contributed by atoms with Crippen LogP contribution in [0, 0.1) is 35.5 Å². The number of hydrogen-bond acceptors (Lipinski definition) is 8. The minimum Gasteiger partial charge on any atom is -0.496 e. The fourth-order valence-electron chi connectivity index (χ4n) is 9.89. The van der Waals surface area contributed by atoms with E-state index in [-0.39, 0.29) is 33.1 Å². The number of methoxy groups -OCH3 is 2. The average Bonchev–Trinajstić information content (AvgIpc) is 3.74. The van der Waals surface area contributed by atoms with Gasteiger partial charge in [-0.05, 0) is 169 Å². The molecular weight excluding hydrogens is 897 g/mol. The predicted molar refractivity (Wildman–Crippen MR) is 290 cm³/mol. The molecule has 7 atom stereocenters. The second-order valence-corrected chi connectivity index (χ2v) is 39.8. The Balaban J connectivity index is 0.000000294. The molecule has 384 valence electrons. The standard InChI is InChI=1S/C31H52O4Si2.C25H40O3Si.CH4O/c1-21(20-34-36(9,10)30(2,3)4)16-17-24-26(32)19-22-18-25-23(14-13-15-27(25)33-8)29(28(22)24)35-37(11,12)31(5,6)7;1-17(16-28-29(6,7)25(2,3)4)11-12-20-21-13-18-9-8-10-24(27-5)22(18)14-19(21)15-23(20)26;1-2/h13-15,21-22,29H,16-20H2,1-12H3;8-10,17,19-21H,11-16H2,1-7H3;2H,1H3/t21-,22+,29-;17-,19+,20?,21+;/m11./s1. The second-order valence-electron chi connectivity index (χ2n) is 25.4. The highest BCUT2D eigenvalue weighted by molar-refractivity contribution is 6.75. The van der Waals surface area contributed by atoms with E-state index in [1.54, 1.807) is 14.2 Å². The Kier molecular flexibility index (Phi) is 19.7. The van der Waals surface area contributed by atoms with Crippen molar-refractivity contribution in [3.05, 3.63) is 69.8 Å². The molecule has 1 saturated carbocycles. The number of carbonyl (C=O) groups is 2. The summed E-state index contributed by atoms with van der Waals surface area (Å²) in [6, 6.07) is 12.7. The fraction of sp³-hybridized carbons (Fsp3) is 0.719. The van der Waals surface area contributed by atoms with E-state index >= 15 is 0 Å². The molecule has 11 heteroatoms. The van der Waals surface area contributed by atoms with Crippen LogP contribution in [0.3, 0.4) is 0 Å². The van der Waals surface area contributed by atoms with Crippen LogP contribution in [0.15, 0.2) is 47.5 Å². The Hall–Kier alpha value is -2.39. The number of ketones is 2. The Labute approximate surface area is 417 Å². The molecule has 1 fully saturated rings. The SMILES string of the molecule is CO.COc1cccc2c1C[C@H]1CC(=O)C(CC[C@@H](C)CO[Si](C)(C)C(C)(C)C)=C1[C@@H]2O[Si](C)(C)C(C)(C)C.COc1cccc2c1C[C@H]1CC(=O)C(CC[C@@H](C)CO[Si](C)(C)C(C)(C)C)[C@H]1C2. The van der Waals surface area contributed by atoms with Crippen molar-refractivity contribution in [1.29, 1.82) is 0 Å². The lowest BCUT2D eigenvalue weighted by molar-refractivity contribution is -0.121. The maximum atomic E-state index is 13.5. The Bertz CT molecular complexity index is 2050. The predicted octanol–water partition coefficient (Wildman–Crippen LogP) is 14.3. The van der Waals surface area contributed by atoms with E-state index in [1.165, 1.54) is 27.8 Å². The highest BCUT2D eigenvalue weighted by atomic mass is 28.4. The van der Waals surface area contributed by atoms with Gasteiger partial charge in [-0.15, -0.1) is 0 Å². The molecular formula is C57H96O8Si3. The van der Waals surface area contributed by atoms with Crippen molar-refractivity contribution in [2.24, 2.45) is 35.5 Å². The molecule has 1 unspecified atom stereocenters. The van der Waals surface area contributed by atoms with Crippen molar-refractivity contribution in [3.63, 3.8) is 0 Å². The molecule has 1 N–H and O–H groups in total. The zero-order valence-corrected chi connectivity index (χ0v) is 49.6. The van der Waals surface area contributed by atoms with E-state index in [0.29, 0.717) is 41.7 Å². The molecule has 0 saturated heterocycles. The minimum absolute atomic E-state index is 0.0813. The smallest absolute Gasteiger partial charge is 0.193 e. The van der Waals surface area contributed by atoms with E-state index < -0.39 is 25.0 Å². The van der Waals surface area contributed by atoms with Crippen LogP contribution < -0.4 is 9.47 Å². The van der Waals surface area contributed by atoms with E-state index in [9.17, 15) is 9.59 Å². The van der Waals surface area contributed by atoms with Crippen LogP contribution in [0.1, 0.15) is 143 Å². The van der Waals surface area contributed by atoms with Crippen LogP contribution in [-0.4, -0.2) is 76.2 Å². The molecule has 0 aliphatic heterocycles. The van der Waals surface area contributed by atoms with Crippen molar-refractivity contribution < 1.29 is 37.4 Å². The van der Waals surface area contributed by atoms with Gasteiger partial charge in [0.25, 0.3) is 0 Å². The van der Waals surface area contributed by atoms with Gasteiger partial charge in [-0.1, -0.05) is 100 Å². The average molecular weight is 994 g/mol. The van der Waals surface area contributed by atoms with Crippen LogP contribution in [-0.2, 0) is 42.1 Å². The number of ether oxygens (including phenoxy) is 2. The molecule has 0 bridgehead atoms. The normalized spacial score (nSPS) is 22.8. The van der Waals surface area contributed by atoms with Crippen molar-refractivity contribution in [2.75, 3.05) is 34.5 Å². The first-order valence-corrected chi connectivity index (χ1v) is 34.6. The maximum absolute atomic E-state index is 13.5. The molecule has 0 radical (unpaired) electrons. The number of aliphatic hydroxyl groups is 1. The van der Waals surface area contributed by atoms with Crippen LogP contribution >= 0.6 is 0 Å². The molecule has 6 rings (SSSR count). The third-order valence-corrected chi connectivity index (χ3v) is 30.9. The number of allylic oxidation sites excluding steroid dienone is 1. The maximum Gasteiger partial charge on any atom is 0.193 e. The van der Waals surface area contributed by atoms with Crippen LogP contribution in [0.2, 0.25) is 54.4 Å². The van der Waals surface area contributed by atoms with Gasteiger partial charge in [-0.25, -0.2) is 0 Å². The van der Waals surface area contributed by atoms with Gasteiger partial charge in [-0.3, -0.25) is 9.59 Å². The zero-order chi connectivity index (χ0) is 51.4. The summed E-state index contributed by atoms with van der Waals surface area (Å²) >= 11 is 0. The Morgan fingerprint density at radius 2 is 1.16 bits per heavy atom. The third-order valence-electron chi connectivity index (χ3n) is 17.5. The van der Waals surface area contributed by atoms with Gasteiger partial charge in [0, 0.05) is 44.6 Å². The van der Waals surface area contributed by atoms with Gasteiger partial charge >= 0.3 is 0 Å². The third kappa shape index (κ3) is 13.6. The van der Waals surface area contributed by atoms with Crippen LogP contribution in [0.4, 0.5) is 0 Å². The van der Waals surface area contributed by atoms with Gasteiger partial charge in [0.2, 0.25) is 0 Å². The Morgan fingerprint density at radius 3 is 1.69 bits per heavy atom. The monoisotopic (exact) mass is 993 g/mol. The summed E-state index contributed by atoms with van der Waals surface area (Å²) < 4.78 is 31.4. The largest absolute Gasteiger partial charge is 0.496 e. The lowest BCUT2D eigenvalue weighted by atomic mass is 9.73. The van der Waals surface area contributed by atoms with Crippen molar-refractivity contribution in [2.45, 2.75) is 194 Å². The summed E-state index contributed by atoms with van der Waals surface area (Å²) in [5, 5.41) is 7.53. The minimum atomic E-state index is -2.10. The molecule has 68 heavy (non-hydrogen) atoms. The van der Waals surface area contributed by atoms with E-state index in [2.05, 4.69) is 146 Å². The molecule has 4 aliphatic rings. The van der Waals surface area contributed by atoms with Gasteiger partial charge in [-0.2, -0.15) is 0 Å². The highest BCUT2D eigenvalue weighted by Gasteiger charge is 2.48. The molecule has 2 aromatic rings. The van der Waals surface area contributed by atoms with Gasteiger partial charge in [0.05, 0.1) is 20.3 Å². The topological polar surface area (TPSA) is 101 Å². The number of aliphatic hydroxyl groups excluding tert-OH is 1. The van der Waals surface area contributed by atoms with Crippen LogP contribution in [0.25, 0.3) is 0 Å². The lowest BCUT2D eigenvalue weighted by Crippen LogP contribution is -2.43. The second kappa shape index (κ2) is 23.0. The first-order chi connectivity index (χ1) is 31.4. The summed E-state index contributed by atoms with van der Waals surface area (Å²) in [5.41, 5.74) is 7.42. The summed E-state index contributed by atoms with van der Waals surface area (Å²) in [5.74, 6) is 5.07. The zero-order valence-electron chi connectivity index (χ0n) is 46.6. The van der Waals surface area contributed by atoms with E-state index in [1.807, 2.05) is 6.07 Å². The van der Waals surface area contributed by atoms with Crippen molar-refractivity contribution in [1.82, 2.24) is 0 Å². The van der Waals surface area contributed by atoms with Crippen molar-refractivity contribution in [3.8, 4) is 11.5 Å². The number of Topliss-reactive ketones (excluding diaryl/α,β-unsaturated/α-hetero) is 2. The molecule has 2 aromatic carbocycles. The molecule has 0 aromatic heterocycles. The molecule has 0 amide bonds. The number of fused-ring (bicyclic) bond motifs is 4. The molecule has 4 aliphatic carbocycles. The van der Waals surface area contributed by atoms with Crippen molar-refractivity contribution >= 4 is 36.5 Å². The molecule has 8 nitrogen and oxygen atoms in total. The van der Waals surface area contributed by atoms with Gasteiger partial charge in [0.15, 0.2) is 30.7 Å². The quantitative estimate of drug-likeness (QED) is 0.166. The number of rotatable bonds is 16. The highest BCUT2D eigenvalue weighted by Crippen LogP contribution is 2.53. The van der Waals surface area contributed by atoms with Crippen LogP contribution in [0.5, 0.6) is 11.5 Å². The number of hydrogen-bond donors (Lipinski definition) is 1. The Morgan fingerprint density at radius 1 is 0.647 bits per heavy atom. The summed E-state index contributed by atoms with van der Waals surface area (Å²) in [4.78, 5) is 26.3. The first-order valence-electron chi connectivity index (χ1n) is 25.9. The fourth-order valence-corrected chi connectivity index (χ4v) is 13.4. The first kappa shape index (κ1) is 58.2. The van der Waals surface area contributed by atoms with E-state index in [4.69, 9.17) is 27.9 Å². The molecule has 0 heterocycles. The number of benzene rings is 2. The summed E-state index contributed by atoms with van der Waals surface area (Å²) in [6.45, 7) is 40.6. The van der Waals surface area contributed by atoms with E-state index in [0.717, 1.165) is 88.8 Å². The lowest BCUT2D eigenvalue weighted by Gasteiger charge is -2.43. The number of carbonyl (C=O) groups excluding carboxylic acids is 2. The molecule has 0 spiro atoms. The van der Waals surface area contributed by atoms with Gasteiger partial charge < -0.3 is 27.9 Å².